The standard InChI is InChI=1S/C20H21NSi/c1-22(2,3)13-21-18-12-10-16-8-7-14-5-4-6-15-9-11-17(18)20(16)19(14)15/h4-12,21H,13H2,1-3H3. The van der Waals surface area contributed by atoms with Gasteiger partial charge in [0.05, 0.1) is 8.07 Å². The molecule has 0 aliphatic heterocycles. The lowest BCUT2D eigenvalue weighted by Gasteiger charge is -2.20. The predicted octanol–water partition coefficient (Wildman–Crippen LogP) is 5.87. The van der Waals surface area contributed by atoms with E-state index in [1.54, 1.807) is 0 Å². The summed E-state index contributed by atoms with van der Waals surface area (Å²) in [7, 11) is -1.12. The van der Waals surface area contributed by atoms with Crippen molar-refractivity contribution in [2.75, 3.05) is 11.5 Å². The van der Waals surface area contributed by atoms with Crippen LogP contribution < -0.4 is 5.32 Å². The van der Waals surface area contributed by atoms with Gasteiger partial charge in [-0.15, -0.1) is 0 Å². The molecule has 0 fully saturated rings. The van der Waals surface area contributed by atoms with Gasteiger partial charge in [-0.3, -0.25) is 0 Å². The molecule has 0 aliphatic rings. The third kappa shape index (κ3) is 2.15. The summed E-state index contributed by atoms with van der Waals surface area (Å²) in [6, 6.07) is 20.1. The Kier molecular flexibility index (Phi) is 2.91. The number of hydrogen-bond acceptors (Lipinski definition) is 1. The molecule has 1 N–H and O–H groups in total. The summed E-state index contributed by atoms with van der Waals surface area (Å²) in [6.45, 7) is 7.20. The first-order chi connectivity index (χ1) is 10.5. The predicted molar refractivity (Wildman–Crippen MR) is 102 cm³/mol. The second-order valence-corrected chi connectivity index (χ2v) is 12.9. The van der Waals surface area contributed by atoms with Crippen molar-refractivity contribution in [3.8, 4) is 0 Å². The lowest BCUT2D eigenvalue weighted by Crippen LogP contribution is -2.31. The summed E-state index contributed by atoms with van der Waals surface area (Å²) >= 11 is 0. The minimum atomic E-state index is -1.12. The van der Waals surface area contributed by atoms with Crippen molar-refractivity contribution in [3.05, 3.63) is 54.6 Å². The SMILES string of the molecule is C[Si](C)(C)CNc1ccc2ccc3cccc4ccc1c2c34. The molecule has 4 aromatic rings. The van der Waals surface area contributed by atoms with Crippen LogP contribution in [0.15, 0.2) is 54.6 Å². The zero-order valence-electron chi connectivity index (χ0n) is 13.4. The van der Waals surface area contributed by atoms with Crippen LogP contribution in [0.5, 0.6) is 0 Å². The molecular weight excluding hydrogens is 282 g/mol. The van der Waals surface area contributed by atoms with Gasteiger partial charge >= 0.3 is 0 Å². The number of hydrogen-bond donors (Lipinski definition) is 1. The first-order valence-electron chi connectivity index (χ1n) is 7.93. The summed E-state index contributed by atoms with van der Waals surface area (Å²) in [6.07, 6.45) is 1.11. The summed E-state index contributed by atoms with van der Waals surface area (Å²) in [5.41, 5.74) is 1.27. The summed E-state index contributed by atoms with van der Waals surface area (Å²) in [4.78, 5) is 0. The van der Waals surface area contributed by atoms with Crippen LogP contribution in [0.4, 0.5) is 5.69 Å². The fourth-order valence-electron chi connectivity index (χ4n) is 3.25. The highest BCUT2D eigenvalue weighted by molar-refractivity contribution is 6.76. The highest BCUT2D eigenvalue weighted by atomic mass is 28.3. The van der Waals surface area contributed by atoms with Gasteiger partial charge in [-0.05, 0) is 33.0 Å². The van der Waals surface area contributed by atoms with Crippen LogP contribution >= 0.6 is 0 Å². The Labute approximate surface area is 132 Å². The van der Waals surface area contributed by atoms with Crippen molar-refractivity contribution in [1.29, 1.82) is 0 Å². The van der Waals surface area contributed by atoms with Crippen LogP contribution in [-0.2, 0) is 0 Å². The molecule has 0 aliphatic carbocycles. The highest BCUT2D eigenvalue weighted by Gasteiger charge is 2.14. The molecule has 0 aromatic heterocycles. The van der Waals surface area contributed by atoms with Gasteiger partial charge in [0.1, 0.15) is 0 Å². The van der Waals surface area contributed by atoms with Crippen molar-refractivity contribution in [2.24, 2.45) is 0 Å². The molecular formula is C20H21NSi. The average Bonchev–Trinajstić information content (AvgIpc) is 2.50. The Morgan fingerprint density at radius 3 is 2.00 bits per heavy atom. The fraction of sp³-hybridized carbons (Fsp3) is 0.200. The van der Waals surface area contributed by atoms with Gasteiger partial charge in [0.25, 0.3) is 0 Å². The monoisotopic (exact) mass is 303 g/mol. The Hall–Kier alpha value is -2.06. The van der Waals surface area contributed by atoms with E-state index in [0.717, 1.165) is 6.17 Å². The van der Waals surface area contributed by atoms with Gasteiger partial charge in [-0.1, -0.05) is 68.2 Å². The Morgan fingerprint density at radius 1 is 0.727 bits per heavy atom. The third-order valence-corrected chi connectivity index (χ3v) is 5.58. The quantitative estimate of drug-likeness (QED) is 0.368. The van der Waals surface area contributed by atoms with E-state index >= 15 is 0 Å². The first kappa shape index (κ1) is 13.6. The molecule has 0 atom stereocenters. The highest BCUT2D eigenvalue weighted by Crippen LogP contribution is 2.37. The maximum Gasteiger partial charge on any atom is 0.0662 e. The molecule has 0 saturated carbocycles. The molecule has 0 spiro atoms. The Morgan fingerprint density at radius 2 is 1.32 bits per heavy atom. The molecule has 0 amide bonds. The van der Waals surface area contributed by atoms with E-state index in [0.29, 0.717) is 0 Å². The van der Waals surface area contributed by atoms with Gasteiger partial charge in [0, 0.05) is 17.2 Å². The van der Waals surface area contributed by atoms with Crippen LogP contribution in [0.2, 0.25) is 19.6 Å². The van der Waals surface area contributed by atoms with E-state index in [4.69, 9.17) is 0 Å². The zero-order chi connectivity index (χ0) is 15.3. The van der Waals surface area contributed by atoms with Crippen LogP contribution in [0.25, 0.3) is 32.3 Å². The second-order valence-electron chi connectivity index (χ2n) is 7.38. The molecule has 0 bridgehead atoms. The van der Waals surface area contributed by atoms with Crippen molar-refractivity contribution in [2.45, 2.75) is 19.6 Å². The number of nitrogens with one attached hydrogen (secondary N) is 1. The first-order valence-corrected chi connectivity index (χ1v) is 11.6. The van der Waals surface area contributed by atoms with Crippen molar-refractivity contribution >= 4 is 46.1 Å². The summed E-state index contributed by atoms with van der Waals surface area (Å²) in [5, 5.41) is 11.8. The smallest absolute Gasteiger partial charge is 0.0662 e. The molecule has 22 heavy (non-hydrogen) atoms. The molecule has 0 unspecified atom stereocenters. The lowest BCUT2D eigenvalue weighted by atomic mass is 9.93. The van der Waals surface area contributed by atoms with E-state index in [1.807, 2.05) is 0 Å². The Balaban J connectivity index is 2.00. The van der Waals surface area contributed by atoms with E-state index in [9.17, 15) is 0 Å². The fourth-order valence-corrected chi connectivity index (χ4v) is 3.97. The minimum absolute atomic E-state index is 1.11. The lowest BCUT2D eigenvalue weighted by molar-refractivity contribution is 1.38. The maximum atomic E-state index is 3.70. The summed E-state index contributed by atoms with van der Waals surface area (Å²) < 4.78 is 0. The maximum absolute atomic E-state index is 3.70. The molecule has 1 nitrogen and oxygen atoms in total. The minimum Gasteiger partial charge on any atom is -0.388 e. The van der Waals surface area contributed by atoms with Crippen molar-refractivity contribution in [1.82, 2.24) is 0 Å². The average molecular weight is 303 g/mol. The van der Waals surface area contributed by atoms with Crippen molar-refractivity contribution in [3.63, 3.8) is 0 Å². The van der Waals surface area contributed by atoms with Crippen LogP contribution in [0.3, 0.4) is 0 Å². The van der Waals surface area contributed by atoms with Gasteiger partial charge in [-0.25, -0.2) is 0 Å². The molecule has 0 saturated heterocycles. The zero-order valence-corrected chi connectivity index (χ0v) is 14.4. The van der Waals surface area contributed by atoms with Gasteiger partial charge in [0.2, 0.25) is 0 Å². The summed E-state index contributed by atoms with van der Waals surface area (Å²) in [5.74, 6) is 0. The van der Waals surface area contributed by atoms with Crippen LogP contribution in [0, 0.1) is 0 Å². The normalized spacial score (nSPS) is 12.5. The molecule has 0 heterocycles. The van der Waals surface area contributed by atoms with E-state index in [2.05, 4.69) is 79.6 Å². The molecule has 4 aromatic carbocycles. The van der Waals surface area contributed by atoms with Gasteiger partial charge in [0.15, 0.2) is 0 Å². The molecule has 4 rings (SSSR count). The van der Waals surface area contributed by atoms with E-state index < -0.39 is 8.07 Å². The van der Waals surface area contributed by atoms with Crippen molar-refractivity contribution < 1.29 is 0 Å². The van der Waals surface area contributed by atoms with Crippen LogP contribution in [-0.4, -0.2) is 14.2 Å². The van der Waals surface area contributed by atoms with Gasteiger partial charge < -0.3 is 5.32 Å². The van der Waals surface area contributed by atoms with E-state index in [-0.39, 0.29) is 0 Å². The number of rotatable bonds is 3. The largest absolute Gasteiger partial charge is 0.388 e. The number of anilines is 1. The Bertz CT molecular complexity index is 950. The molecule has 2 heteroatoms. The van der Waals surface area contributed by atoms with Crippen LogP contribution in [0.1, 0.15) is 0 Å². The van der Waals surface area contributed by atoms with E-state index in [1.165, 1.54) is 38.0 Å². The topological polar surface area (TPSA) is 12.0 Å². The second kappa shape index (κ2) is 4.72. The molecule has 110 valence electrons. The number of benzene rings is 4. The third-order valence-electron chi connectivity index (χ3n) is 4.34. The van der Waals surface area contributed by atoms with Gasteiger partial charge in [-0.2, -0.15) is 0 Å². The molecule has 0 radical (unpaired) electrons.